The Bertz CT molecular complexity index is 961. The van der Waals surface area contributed by atoms with Gasteiger partial charge in [0.2, 0.25) is 5.91 Å². The maximum atomic E-state index is 13.0. The molecule has 1 aliphatic rings. The number of unbranched alkanes of at least 4 members (excludes halogenated alkanes) is 29. The summed E-state index contributed by atoms with van der Waals surface area (Å²) in [6, 6.07) is -0.816. The molecule has 9 nitrogen and oxygen atoms in total. The molecule has 1 rings (SSSR count). The number of aliphatic hydroxyl groups excluding tert-OH is 5. The fourth-order valence-electron chi connectivity index (χ4n) is 7.82. The highest BCUT2D eigenvalue weighted by Crippen LogP contribution is 2.23. The molecule has 58 heavy (non-hydrogen) atoms. The van der Waals surface area contributed by atoms with Gasteiger partial charge in [-0.2, -0.15) is 0 Å². The predicted molar refractivity (Wildman–Crippen MR) is 240 cm³/mol. The van der Waals surface area contributed by atoms with Gasteiger partial charge in [0.25, 0.3) is 0 Å². The molecule has 1 amide bonds. The van der Waals surface area contributed by atoms with E-state index in [0.29, 0.717) is 6.42 Å². The van der Waals surface area contributed by atoms with Crippen LogP contribution in [0, 0.1) is 0 Å². The number of allylic oxidation sites excluding steroid dienone is 3. The Morgan fingerprint density at radius 1 is 0.569 bits per heavy atom. The molecule has 0 radical (unpaired) electrons. The summed E-state index contributed by atoms with van der Waals surface area (Å²) in [6.45, 7) is 3.77. The molecular weight excluding hydrogens is 731 g/mol. The number of rotatable bonds is 41. The molecule has 1 heterocycles. The lowest BCUT2D eigenvalue weighted by atomic mass is 9.99. The number of nitrogens with one attached hydrogen (secondary N) is 1. The van der Waals surface area contributed by atoms with Gasteiger partial charge >= 0.3 is 0 Å². The van der Waals surface area contributed by atoms with Crippen molar-refractivity contribution in [2.75, 3.05) is 13.2 Å². The Balaban J connectivity index is 2.33. The first-order chi connectivity index (χ1) is 28.3. The summed E-state index contributed by atoms with van der Waals surface area (Å²) in [5.74, 6) is -0.184. The normalized spacial score (nSPS) is 21.0. The summed E-state index contributed by atoms with van der Waals surface area (Å²) in [6.07, 6.45) is 40.8. The predicted octanol–water partition coefficient (Wildman–Crippen LogP) is 10.7. The van der Waals surface area contributed by atoms with Gasteiger partial charge in [-0.1, -0.05) is 212 Å². The van der Waals surface area contributed by atoms with Crippen molar-refractivity contribution in [1.82, 2.24) is 5.32 Å². The monoisotopic (exact) mass is 824 g/mol. The van der Waals surface area contributed by atoms with Crippen LogP contribution in [0.4, 0.5) is 0 Å². The van der Waals surface area contributed by atoms with Crippen molar-refractivity contribution in [2.24, 2.45) is 0 Å². The number of ether oxygens (including phenoxy) is 2. The molecule has 7 unspecified atom stereocenters. The zero-order chi connectivity index (χ0) is 42.3. The maximum absolute atomic E-state index is 13.0. The standard InChI is InChI=1S/C49H93NO8/c1-3-5-7-9-11-13-15-17-19-21-22-23-25-27-29-31-33-35-37-39-45(53)50-42(41-57-49-48(56)47(55)46(54)44(40-51)58-49)43(52)38-36-34-32-30-28-26-24-20-18-16-14-12-10-8-6-4-2/h28,30,36,38,42-44,46-49,51-52,54-56H,3-27,29,31-35,37,39-41H2,1-2H3,(H,50,53)/b30-28+,38-36+. The maximum Gasteiger partial charge on any atom is 0.220 e. The average Bonchev–Trinajstić information content (AvgIpc) is 3.22. The number of hydrogen-bond donors (Lipinski definition) is 6. The molecule has 1 aliphatic heterocycles. The van der Waals surface area contributed by atoms with Gasteiger partial charge in [-0.25, -0.2) is 0 Å². The number of carbonyl (C=O) groups is 1. The third kappa shape index (κ3) is 29.8. The number of amides is 1. The molecule has 342 valence electrons. The molecule has 0 aliphatic carbocycles. The van der Waals surface area contributed by atoms with Crippen LogP contribution in [0.5, 0.6) is 0 Å². The molecule has 9 heteroatoms. The SMILES string of the molecule is CCCCCCCCCCCC/C=C/CC/C=C/C(O)C(COC1OC(CO)C(O)C(O)C1O)NC(=O)CCCCCCCCCCCCCCCCCCCCC. The highest BCUT2D eigenvalue weighted by atomic mass is 16.7. The molecular formula is C49H93NO8. The number of aliphatic hydroxyl groups is 5. The fraction of sp³-hybridized carbons (Fsp3) is 0.898. The summed E-state index contributed by atoms with van der Waals surface area (Å²) in [5, 5.41) is 54.2. The molecule has 7 atom stereocenters. The van der Waals surface area contributed by atoms with E-state index in [9.17, 15) is 30.3 Å². The van der Waals surface area contributed by atoms with E-state index in [1.165, 1.54) is 167 Å². The number of carbonyl (C=O) groups excluding carboxylic acids is 1. The van der Waals surface area contributed by atoms with Gasteiger partial charge in [0, 0.05) is 6.42 Å². The zero-order valence-corrected chi connectivity index (χ0v) is 37.6. The summed E-state index contributed by atoms with van der Waals surface area (Å²) >= 11 is 0. The average molecular weight is 824 g/mol. The van der Waals surface area contributed by atoms with Crippen molar-refractivity contribution < 1.29 is 39.8 Å². The highest BCUT2D eigenvalue weighted by molar-refractivity contribution is 5.76. The first-order valence-electron chi connectivity index (χ1n) is 24.6. The summed E-state index contributed by atoms with van der Waals surface area (Å²) in [7, 11) is 0. The quantitative estimate of drug-likeness (QED) is 0.0264. The van der Waals surface area contributed by atoms with Crippen LogP contribution in [-0.2, 0) is 14.3 Å². The smallest absolute Gasteiger partial charge is 0.220 e. The first kappa shape index (κ1) is 54.7. The molecule has 0 spiro atoms. The second-order valence-electron chi connectivity index (χ2n) is 17.3. The van der Waals surface area contributed by atoms with Crippen LogP contribution in [-0.4, -0.2) is 87.5 Å². The van der Waals surface area contributed by atoms with E-state index in [0.717, 1.165) is 38.5 Å². The van der Waals surface area contributed by atoms with Crippen LogP contribution in [0.25, 0.3) is 0 Å². The Labute approximate surface area is 356 Å². The Kier molecular flexibility index (Phi) is 37.5. The van der Waals surface area contributed by atoms with E-state index in [-0.39, 0.29) is 12.5 Å². The van der Waals surface area contributed by atoms with E-state index < -0.39 is 49.5 Å². The van der Waals surface area contributed by atoms with Gasteiger partial charge in [-0.3, -0.25) is 4.79 Å². The van der Waals surface area contributed by atoms with Crippen LogP contribution in [0.15, 0.2) is 24.3 Å². The van der Waals surface area contributed by atoms with Gasteiger partial charge in [-0.15, -0.1) is 0 Å². The molecule has 0 aromatic carbocycles. The van der Waals surface area contributed by atoms with Crippen LogP contribution < -0.4 is 5.32 Å². The Hall–Kier alpha value is -1.33. The summed E-state index contributed by atoms with van der Waals surface area (Å²) in [4.78, 5) is 13.0. The van der Waals surface area contributed by atoms with E-state index in [4.69, 9.17) is 9.47 Å². The molecule has 1 saturated heterocycles. The van der Waals surface area contributed by atoms with Gasteiger partial charge in [0.1, 0.15) is 24.4 Å². The summed E-state index contributed by atoms with van der Waals surface area (Å²) in [5.41, 5.74) is 0. The van der Waals surface area contributed by atoms with Crippen molar-refractivity contribution in [3.05, 3.63) is 24.3 Å². The highest BCUT2D eigenvalue weighted by Gasteiger charge is 2.44. The number of hydrogen-bond acceptors (Lipinski definition) is 8. The minimum absolute atomic E-state index is 0.184. The molecule has 1 fully saturated rings. The van der Waals surface area contributed by atoms with Crippen LogP contribution in [0.2, 0.25) is 0 Å². The van der Waals surface area contributed by atoms with Crippen molar-refractivity contribution in [3.63, 3.8) is 0 Å². The third-order valence-electron chi connectivity index (χ3n) is 11.8. The van der Waals surface area contributed by atoms with Gasteiger partial charge in [-0.05, 0) is 32.1 Å². The third-order valence-corrected chi connectivity index (χ3v) is 11.8. The molecule has 0 aromatic heterocycles. The van der Waals surface area contributed by atoms with Crippen LogP contribution >= 0.6 is 0 Å². The zero-order valence-electron chi connectivity index (χ0n) is 37.6. The van der Waals surface area contributed by atoms with Gasteiger partial charge < -0.3 is 40.3 Å². The van der Waals surface area contributed by atoms with E-state index in [1.807, 2.05) is 6.08 Å². The minimum Gasteiger partial charge on any atom is -0.394 e. The molecule has 0 saturated carbocycles. The van der Waals surface area contributed by atoms with Crippen LogP contribution in [0.3, 0.4) is 0 Å². The lowest BCUT2D eigenvalue weighted by Gasteiger charge is -2.40. The molecule has 6 N–H and O–H groups in total. The fourth-order valence-corrected chi connectivity index (χ4v) is 7.82. The van der Waals surface area contributed by atoms with Crippen molar-refractivity contribution in [3.8, 4) is 0 Å². The van der Waals surface area contributed by atoms with Crippen molar-refractivity contribution >= 4 is 5.91 Å². The topological polar surface area (TPSA) is 149 Å². The second-order valence-corrected chi connectivity index (χ2v) is 17.3. The van der Waals surface area contributed by atoms with Gasteiger partial charge in [0.15, 0.2) is 6.29 Å². The first-order valence-corrected chi connectivity index (χ1v) is 24.6. The van der Waals surface area contributed by atoms with Crippen LogP contribution in [0.1, 0.15) is 226 Å². The molecule has 0 bridgehead atoms. The lowest BCUT2D eigenvalue weighted by molar-refractivity contribution is -0.302. The second kappa shape index (κ2) is 39.8. The minimum atomic E-state index is -1.57. The van der Waals surface area contributed by atoms with Crippen molar-refractivity contribution in [1.29, 1.82) is 0 Å². The molecule has 0 aromatic rings. The van der Waals surface area contributed by atoms with Gasteiger partial charge in [0.05, 0.1) is 25.4 Å². The Morgan fingerprint density at radius 3 is 1.45 bits per heavy atom. The van der Waals surface area contributed by atoms with E-state index >= 15 is 0 Å². The van der Waals surface area contributed by atoms with E-state index in [2.05, 4.69) is 31.3 Å². The summed E-state index contributed by atoms with van der Waals surface area (Å²) < 4.78 is 11.2. The lowest BCUT2D eigenvalue weighted by Crippen LogP contribution is -2.60. The van der Waals surface area contributed by atoms with E-state index in [1.54, 1.807) is 6.08 Å². The van der Waals surface area contributed by atoms with Crippen molar-refractivity contribution in [2.45, 2.75) is 269 Å². The largest absolute Gasteiger partial charge is 0.394 e. The Morgan fingerprint density at radius 2 is 0.983 bits per heavy atom.